The Bertz CT molecular complexity index is 926. The maximum atomic E-state index is 13.0. The summed E-state index contributed by atoms with van der Waals surface area (Å²) in [5, 5.41) is 3.31. The van der Waals surface area contributed by atoms with Crippen LogP contribution in [-0.4, -0.2) is 23.5 Å². The van der Waals surface area contributed by atoms with Crippen LogP contribution < -0.4 is 15.0 Å². The van der Waals surface area contributed by atoms with Gasteiger partial charge in [-0.3, -0.25) is 9.78 Å². The van der Waals surface area contributed by atoms with E-state index in [0.29, 0.717) is 12.1 Å². The van der Waals surface area contributed by atoms with E-state index in [9.17, 15) is 4.79 Å². The van der Waals surface area contributed by atoms with Crippen LogP contribution in [0.5, 0.6) is 5.75 Å². The van der Waals surface area contributed by atoms with Crippen molar-refractivity contribution in [3.05, 3.63) is 78.6 Å². The van der Waals surface area contributed by atoms with E-state index in [2.05, 4.69) is 10.3 Å². The molecule has 5 nitrogen and oxygen atoms in total. The zero-order valence-electron chi connectivity index (χ0n) is 16.4. The second kappa shape index (κ2) is 9.04. The first-order chi connectivity index (χ1) is 13.6. The average molecular weight is 375 g/mol. The summed E-state index contributed by atoms with van der Waals surface area (Å²) in [6, 6.07) is 19.2. The van der Waals surface area contributed by atoms with E-state index >= 15 is 0 Å². The molecule has 5 heteroatoms. The lowest BCUT2D eigenvalue weighted by Crippen LogP contribution is -2.30. The molecule has 1 amide bonds. The SMILES string of the molecule is CCN(C(=O)c1cncc(Nc2ccccc2OC(C)C)c1)c1ccccc1. The molecule has 28 heavy (non-hydrogen) atoms. The summed E-state index contributed by atoms with van der Waals surface area (Å²) in [5.74, 6) is 0.672. The summed E-state index contributed by atoms with van der Waals surface area (Å²) in [6.07, 6.45) is 3.36. The van der Waals surface area contributed by atoms with Crippen molar-refractivity contribution in [2.24, 2.45) is 0 Å². The lowest BCUT2D eigenvalue weighted by molar-refractivity contribution is 0.0988. The number of aromatic nitrogens is 1. The molecule has 0 saturated carbocycles. The molecule has 1 heterocycles. The first kappa shape index (κ1) is 19.4. The van der Waals surface area contributed by atoms with E-state index in [4.69, 9.17) is 4.74 Å². The molecular formula is C23H25N3O2. The van der Waals surface area contributed by atoms with Crippen molar-refractivity contribution >= 4 is 23.0 Å². The predicted octanol–water partition coefficient (Wildman–Crippen LogP) is 5.28. The Labute approximate surface area is 166 Å². The van der Waals surface area contributed by atoms with Gasteiger partial charge in [-0.15, -0.1) is 0 Å². The molecule has 1 N–H and O–H groups in total. The molecule has 0 aliphatic heterocycles. The van der Waals surface area contributed by atoms with Crippen LogP contribution in [0.15, 0.2) is 73.1 Å². The Morgan fingerprint density at radius 2 is 1.79 bits per heavy atom. The molecule has 0 fully saturated rings. The van der Waals surface area contributed by atoms with Crippen molar-refractivity contribution in [1.82, 2.24) is 4.98 Å². The highest BCUT2D eigenvalue weighted by Crippen LogP contribution is 2.28. The van der Waals surface area contributed by atoms with Gasteiger partial charge in [-0.1, -0.05) is 30.3 Å². The molecule has 0 unspecified atom stereocenters. The molecule has 144 valence electrons. The van der Waals surface area contributed by atoms with Crippen LogP contribution in [0.1, 0.15) is 31.1 Å². The zero-order chi connectivity index (χ0) is 19.9. The lowest BCUT2D eigenvalue weighted by atomic mass is 10.2. The highest BCUT2D eigenvalue weighted by molar-refractivity contribution is 6.06. The van der Waals surface area contributed by atoms with Gasteiger partial charge >= 0.3 is 0 Å². The molecule has 1 aromatic heterocycles. The van der Waals surface area contributed by atoms with Gasteiger partial charge in [0.1, 0.15) is 5.75 Å². The number of pyridine rings is 1. The van der Waals surface area contributed by atoms with E-state index < -0.39 is 0 Å². The quantitative estimate of drug-likeness (QED) is 0.610. The van der Waals surface area contributed by atoms with Crippen LogP contribution in [0.3, 0.4) is 0 Å². The number of anilines is 3. The minimum Gasteiger partial charge on any atom is -0.489 e. The van der Waals surface area contributed by atoms with E-state index in [0.717, 1.165) is 22.8 Å². The highest BCUT2D eigenvalue weighted by atomic mass is 16.5. The van der Waals surface area contributed by atoms with Gasteiger partial charge in [0, 0.05) is 18.4 Å². The van der Waals surface area contributed by atoms with Crippen molar-refractivity contribution < 1.29 is 9.53 Å². The normalized spacial score (nSPS) is 10.6. The van der Waals surface area contributed by atoms with Crippen LogP contribution >= 0.6 is 0 Å². The minimum absolute atomic E-state index is 0.0676. The van der Waals surface area contributed by atoms with Crippen LogP contribution in [0.2, 0.25) is 0 Å². The van der Waals surface area contributed by atoms with Crippen molar-refractivity contribution in [1.29, 1.82) is 0 Å². The first-order valence-electron chi connectivity index (χ1n) is 9.43. The molecule has 0 aliphatic rings. The minimum atomic E-state index is -0.0865. The Balaban J connectivity index is 1.84. The van der Waals surface area contributed by atoms with Gasteiger partial charge < -0.3 is 15.0 Å². The topological polar surface area (TPSA) is 54.5 Å². The molecule has 0 bridgehead atoms. The lowest BCUT2D eigenvalue weighted by Gasteiger charge is -2.21. The van der Waals surface area contributed by atoms with Crippen LogP contribution in [0.25, 0.3) is 0 Å². The number of nitrogens with zero attached hydrogens (tertiary/aromatic N) is 2. The zero-order valence-corrected chi connectivity index (χ0v) is 16.4. The second-order valence-corrected chi connectivity index (χ2v) is 6.64. The number of rotatable bonds is 7. The molecule has 0 aliphatic carbocycles. The first-order valence-corrected chi connectivity index (χ1v) is 9.43. The van der Waals surface area contributed by atoms with Gasteiger partial charge in [0.25, 0.3) is 5.91 Å². The fourth-order valence-corrected chi connectivity index (χ4v) is 2.91. The third-order valence-electron chi connectivity index (χ3n) is 4.14. The molecular weight excluding hydrogens is 350 g/mol. The number of amides is 1. The van der Waals surface area contributed by atoms with Gasteiger partial charge in [0.05, 0.1) is 29.2 Å². The Morgan fingerprint density at radius 1 is 1.07 bits per heavy atom. The number of para-hydroxylation sites is 3. The van der Waals surface area contributed by atoms with Gasteiger partial charge in [-0.05, 0) is 51.1 Å². The van der Waals surface area contributed by atoms with Crippen molar-refractivity contribution in [2.75, 3.05) is 16.8 Å². The number of ether oxygens (including phenoxy) is 1. The van der Waals surface area contributed by atoms with Crippen molar-refractivity contribution in [3.8, 4) is 5.75 Å². The van der Waals surface area contributed by atoms with Crippen LogP contribution in [0, 0.1) is 0 Å². The third-order valence-corrected chi connectivity index (χ3v) is 4.14. The summed E-state index contributed by atoms with van der Waals surface area (Å²) < 4.78 is 5.85. The molecule has 0 spiro atoms. The van der Waals surface area contributed by atoms with Gasteiger partial charge in [0.2, 0.25) is 0 Å². The predicted molar refractivity (Wildman–Crippen MR) is 114 cm³/mol. The summed E-state index contributed by atoms with van der Waals surface area (Å²) in [4.78, 5) is 19.0. The molecule has 3 aromatic rings. The van der Waals surface area contributed by atoms with Crippen LogP contribution in [0.4, 0.5) is 17.1 Å². The largest absolute Gasteiger partial charge is 0.489 e. The molecule has 0 saturated heterocycles. The third kappa shape index (κ3) is 4.68. The van der Waals surface area contributed by atoms with Crippen LogP contribution in [-0.2, 0) is 0 Å². The number of hydrogen-bond acceptors (Lipinski definition) is 4. The Kier molecular flexibility index (Phi) is 6.27. The number of nitrogens with one attached hydrogen (secondary N) is 1. The Morgan fingerprint density at radius 3 is 2.50 bits per heavy atom. The fraction of sp³-hybridized carbons (Fsp3) is 0.217. The number of carbonyl (C=O) groups excluding carboxylic acids is 1. The summed E-state index contributed by atoms with van der Waals surface area (Å²) in [6.45, 7) is 6.51. The smallest absolute Gasteiger partial charge is 0.259 e. The van der Waals surface area contributed by atoms with E-state index in [1.807, 2.05) is 81.4 Å². The number of benzene rings is 2. The fourth-order valence-electron chi connectivity index (χ4n) is 2.91. The second-order valence-electron chi connectivity index (χ2n) is 6.64. The van der Waals surface area contributed by atoms with Crippen molar-refractivity contribution in [2.45, 2.75) is 26.9 Å². The summed E-state index contributed by atoms with van der Waals surface area (Å²) in [5.41, 5.74) is 2.95. The Hall–Kier alpha value is -3.34. The number of hydrogen-bond donors (Lipinski definition) is 1. The summed E-state index contributed by atoms with van der Waals surface area (Å²) in [7, 11) is 0. The monoisotopic (exact) mass is 375 g/mol. The van der Waals surface area contributed by atoms with Gasteiger partial charge in [0.15, 0.2) is 0 Å². The summed E-state index contributed by atoms with van der Waals surface area (Å²) >= 11 is 0. The maximum absolute atomic E-state index is 13.0. The van der Waals surface area contributed by atoms with Gasteiger partial charge in [-0.2, -0.15) is 0 Å². The standard InChI is InChI=1S/C23H25N3O2/c1-4-26(20-10-6-5-7-11-20)23(27)18-14-19(16-24-15-18)25-21-12-8-9-13-22(21)28-17(2)3/h5-17,25H,4H2,1-3H3. The number of carbonyl (C=O) groups is 1. The molecule has 0 atom stereocenters. The van der Waals surface area contributed by atoms with E-state index in [-0.39, 0.29) is 12.0 Å². The maximum Gasteiger partial charge on any atom is 0.259 e. The molecule has 2 aromatic carbocycles. The van der Waals surface area contributed by atoms with Gasteiger partial charge in [-0.25, -0.2) is 0 Å². The van der Waals surface area contributed by atoms with E-state index in [1.54, 1.807) is 17.3 Å². The highest BCUT2D eigenvalue weighted by Gasteiger charge is 2.17. The van der Waals surface area contributed by atoms with E-state index in [1.165, 1.54) is 0 Å². The van der Waals surface area contributed by atoms with Crippen molar-refractivity contribution in [3.63, 3.8) is 0 Å². The molecule has 3 rings (SSSR count). The molecule has 0 radical (unpaired) electrons. The average Bonchev–Trinajstić information content (AvgIpc) is 2.71.